The topological polar surface area (TPSA) is 60.2 Å². The lowest BCUT2D eigenvalue weighted by Crippen LogP contribution is -2.34. The van der Waals surface area contributed by atoms with Gasteiger partial charge in [-0.15, -0.1) is 0 Å². The lowest BCUT2D eigenvalue weighted by molar-refractivity contribution is 0.0208. The molecule has 2 unspecified atom stereocenters. The van der Waals surface area contributed by atoms with Gasteiger partial charge in [0.2, 0.25) is 11.7 Å². The molecule has 0 bridgehead atoms. The second-order valence-electron chi connectivity index (χ2n) is 6.34. The van der Waals surface area contributed by atoms with Crippen molar-refractivity contribution in [3.63, 3.8) is 0 Å². The van der Waals surface area contributed by atoms with Gasteiger partial charge in [-0.1, -0.05) is 31.8 Å². The van der Waals surface area contributed by atoms with Crippen molar-refractivity contribution in [3.05, 3.63) is 11.7 Å². The summed E-state index contributed by atoms with van der Waals surface area (Å²) in [6, 6.07) is 0. The molecule has 5 nitrogen and oxygen atoms in total. The lowest BCUT2D eigenvalue weighted by Gasteiger charge is -2.36. The van der Waals surface area contributed by atoms with Crippen molar-refractivity contribution in [1.29, 1.82) is 0 Å². The summed E-state index contributed by atoms with van der Waals surface area (Å²) in [5.41, 5.74) is 0.258. The number of nitrogens with one attached hydrogen (secondary N) is 1. The molecule has 0 radical (unpaired) electrons. The molecular formula is C14H23N3O2. The molecule has 0 amide bonds. The van der Waals surface area contributed by atoms with Gasteiger partial charge in [0, 0.05) is 19.0 Å². The summed E-state index contributed by atoms with van der Waals surface area (Å²) in [7, 11) is 0. The van der Waals surface area contributed by atoms with Crippen LogP contribution in [0.5, 0.6) is 0 Å². The molecule has 5 heteroatoms. The van der Waals surface area contributed by atoms with Crippen molar-refractivity contribution in [1.82, 2.24) is 15.5 Å². The Morgan fingerprint density at radius 3 is 2.95 bits per heavy atom. The van der Waals surface area contributed by atoms with Crippen molar-refractivity contribution in [2.75, 3.05) is 19.7 Å². The van der Waals surface area contributed by atoms with Gasteiger partial charge in [-0.05, 0) is 18.3 Å². The standard InChI is InChI=1S/C14H23N3O2/c1-14(2)6-4-3-5-10(14)13-16-12(17-19-13)11-9-15-7-8-18-11/h10-11,15H,3-9H2,1-2H3. The highest BCUT2D eigenvalue weighted by atomic mass is 16.5. The predicted octanol–water partition coefficient (Wildman–Crippen LogP) is 2.41. The quantitative estimate of drug-likeness (QED) is 0.889. The van der Waals surface area contributed by atoms with E-state index in [9.17, 15) is 0 Å². The maximum absolute atomic E-state index is 5.67. The maximum atomic E-state index is 5.67. The van der Waals surface area contributed by atoms with Crippen LogP contribution < -0.4 is 5.32 Å². The molecule has 1 aromatic heterocycles. The van der Waals surface area contributed by atoms with Gasteiger partial charge in [-0.3, -0.25) is 0 Å². The first-order valence-corrected chi connectivity index (χ1v) is 7.33. The average Bonchev–Trinajstić information content (AvgIpc) is 2.88. The first kappa shape index (κ1) is 13.1. The maximum Gasteiger partial charge on any atom is 0.230 e. The monoisotopic (exact) mass is 265 g/mol. The highest BCUT2D eigenvalue weighted by Crippen LogP contribution is 2.46. The van der Waals surface area contributed by atoms with Gasteiger partial charge < -0.3 is 14.6 Å². The number of hydrogen-bond acceptors (Lipinski definition) is 5. The number of nitrogens with zero attached hydrogens (tertiary/aromatic N) is 2. The van der Waals surface area contributed by atoms with E-state index in [-0.39, 0.29) is 11.5 Å². The van der Waals surface area contributed by atoms with E-state index < -0.39 is 0 Å². The number of aromatic nitrogens is 2. The van der Waals surface area contributed by atoms with Gasteiger partial charge in [0.1, 0.15) is 6.10 Å². The molecule has 1 N–H and O–H groups in total. The predicted molar refractivity (Wildman–Crippen MR) is 70.9 cm³/mol. The van der Waals surface area contributed by atoms with Gasteiger partial charge in [-0.2, -0.15) is 4.98 Å². The van der Waals surface area contributed by atoms with Gasteiger partial charge in [0.25, 0.3) is 0 Å². The van der Waals surface area contributed by atoms with E-state index in [2.05, 4.69) is 29.3 Å². The Morgan fingerprint density at radius 2 is 2.21 bits per heavy atom. The molecule has 19 heavy (non-hydrogen) atoms. The average molecular weight is 265 g/mol. The first-order chi connectivity index (χ1) is 9.17. The molecule has 2 aliphatic rings. The van der Waals surface area contributed by atoms with Crippen LogP contribution in [0.15, 0.2) is 4.52 Å². The SMILES string of the molecule is CC1(C)CCCCC1c1nc(C2CNCCO2)no1. The molecule has 1 aromatic rings. The summed E-state index contributed by atoms with van der Waals surface area (Å²) < 4.78 is 11.2. The van der Waals surface area contributed by atoms with E-state index in [0.29, 0.717) is 18.3 Å². The van der Waals surface area contributed by atoms with Crippen molar-refractivity contribution in [2.24, 2.45) is 5.41 Å². The van der Waals surface area contributed by atoms with Crippen molar-refractivity contribution >= 4 is 0 Å². The minimum Gasteiger partial charge on any atom is -0.367 e. The zero-order valence-corrected chi connectivity index (χ0v) is 11.8. The van der Waals surface area contributed by atoms with E-state index in [1.807, 2.05) is 0 Å². The van der Waals surface area contributed by atoms with Crippen molar-refractivity contribution < 1.29 is 9.26 Å². The minimum absolute atomic E-state index is 0.0575. The van der Waals surface area contributed by atoms with Crippen LogP contribution in [0.3, 0.4) is 0 Å². The summed E-state index contributed by atoms with van der Waals surface area (Å²) in [5, 5.41) is 7.42. The summed E-state index contributed by atoms with van der Waals surface area (Å²) in [4.78, 5) is 4.61. The third kappa shape index (κ3) is 2.67. The number of hydrogen-bond donors (Lipinski definition) is 1. The van der Waals surface area contributed by atoms with Crippen LogP contribution in [0.25, 0.3) is 0 Å². The van der Waals surface area contributed by atoms with Crippen LogP contribution in [0.2, 0.25) is 0 Å². The van der Waals surface area contributed by atoms with Crippen molar-refractivity contribution in [2.45, 2.75) is 51.6 Å². The highest BCUT2D eigenvalue weighted by Gasteiger charge is 2.37. The normalized spacial score (nSPS) is 31.3. The number of rotatable bonds is 2. The van der Waals surface area contributed by atoms with Gasteiger partial charge in [0.05, 0.1) is 6.61 Å². The van der Waals surface area contributed by atoms with E-state index in [0.717, 1.165) is 25.4 Å². The fraction of sp³-hybridized carbons (Fsp3) is 0.857. The van der Waals surface area contributed by atoms with E-state index >= 15 is 0 Å². The smallest absolute Gasteiger partial charge is 0.230 e. The van der Waals surface area contributed by atoms with Crippen LogP contribution in [-0.2, 0) is 4.74 Å². The van der Waals surface area contributed by atoms with E-state index in [1.54, 1.807) is 0 Å². The zero-order valence-electron chi connectivity index (χ0n) is 11.8. The fourth-order valence-electron chi connectivity index (χ4n) is 3.20. The molecule has 2 fully saturated rings. The Bertz CT molecular complexity index is 424. The molecule has 1 saturated heterocycles. The summed E-state index contributed by atoms with van der Waals surface area (Å²) in [5.74, 6) is 1.89. The van der Waals surface area contributed by atoms with Crippen LogP contribution in [0.1, 0.15) is 63.3 Å². The first-order valence-electron chi connectivity index (χ1n) is 7.33. The largest absolute Gasteiger partial charge is 0.367 e. The molecule has 0 spiro atoms. The molecule has 2 atom stereocenters. The van der Waals surface area contributed by atoms with Gasteiger partial charge in [0.15, 0.2) is 0 Å². The van der Waals surface area contributed by atoms with Gasteiger partial charge in [-0.25, -0.2) is 0 Å². The minimum atomic E-state index is -0.0575. The molecular weight excluding hydrogens is 242 g/mol. The van der Waals surface area contributed by atoms with Crippen LogP contribution in [0, 0.1) is 5.41 Å². The third-order valence-corrected chi connectivity index (χ3v) is 4.48. The van der Waals surface area contributed by atoms with Crippen LogP contribution in [0.4, 0.5) is 0 Å². The molecule has 2 heterocycles. The number of morpholine rings is 1. The molecule has 1 saturated carbocycles. The molecule has 1 aliphatic heterocycles. The second-order valence-corrected chi connectivity index (χ2v) is 6.34. The Labute approximate surface area is 114 Å². The Kier molecular flexibility index (Phi) is 3.58. The van der Waals surface area contributed by atoms with Crippen molar-refractivity contribution in [3.8, 4) is 0 Å². The number of ether oxygens (including phenoxy) is 1. The van der Waals surface area contributed by atoms with E-state index in [1.165, 1.54) is 19.3 Å². The molecule has 0 aromatic carbocycles. The second kappa shape index (κ2) is 5.21. The molecule has 1 aliphatic carbocycles. The zero-order chi connectivity index (χ0) is 13.3. The summed E-state index contributed by atoms with van der Waals surface area (Å²) in [6.07, 6.45) is 4.89. The van der Waals surface area contributed by atoms with E-state index in [4.69, 9.17) is 9.26 Å². The Hall–Kier alpha value is -0.940. The molecule has 106 valence electrons. The van der Waals surface area contributed by atoms with Crippen LogP contribution in [-0.4, -0.2) is 29.8 Å². The lowest BCUT2D eigenvalue weighted by atomic mass is 9.69. The summed E-state index contributed by atoms with van der Waals surface area (Å²) in [6.45, 7) is 6.99. The Balaban J connectivity index is 1.76. The van der Waals surface area contributed by atoms with Gasteiger partial charge >= 0.3 is 0 Å². The van der Waals surface area contributed by atoms with Crippen LogP contribution >= 0.6 is 0 Å². The third-order valence-electron chi connectivity index (χ3n) is 4.48. The fourth-order valence-corrected chi connectivity index (χ4v) is 3.20. The molecule has 3 rings (SSSR count). The Morgan fingerprint density at radius 1 is 1.32 bits per heavy atom. The summed E-state index contributed by atoms with van der Waals surface area (Å²) >= 11 is 0. The highest BCUT2D eigenvalue weighted by molar-refractivity contribution is 5.04.